The summed E-state index contributed by atoms with van der Waals surface area (Å²) < 4.78 is 179. The van der Waals surface area contributed by atoms with Crippen LogP contribution >= 0.6 is 0 Å². The maximum atomic E-state index is 11.2. The Morgan fingerprint density at radius 1 is 0.688 bits per heavy atom. The van der Waals surface area contributed by atoms with Crippen LogP contribution in [0.25, 0.3) is 0 Å². The van der Waals surface area contributed by atoms with E-state index in [1.165, 1.54) is 0 Å². The van der Waals surface area contributed by atoms with Gasteiger partial charge in [-0.05, 0) is 0 Å². The molecule has 0 spiro atoms. The maximum Gasteiger partial charge on any atom is 0.400 e. The van der Waals surface area contributed by atoms with Gasteiger partial charge in [0.25, 0.3) is 0 Å². The normalized spacial score (nSPS) is 28.5. The monoisotopic (exact) mass is 580 g/mol. The summed E-state index contributed by atoms with van der Waals surface area (Å²) in [5.41, 5.74) is 0. The van der Waals surface area contributed by atoms with E-state index in [0.29, 0.717) is 0 Å². The Kier molecular flexibility index (Phi) is 8.73. The van der Waals surface area contributed by atoms with Gasteiger partial charge in [0, 0.05) is 0 Å². The van der Waals surface area contributed by atoms with Crippen LogP contribution in [0.1, 0.15) is 0 Å². The highest BCUT2D eigenvalue weighted by atomic mass is 32.3. The fraction of sp³-hybridized carbons (Fsp3) is 1.00. The molecule has 1 aliphatic rings. The first-order valence-electron chi connectivity index (χ1n) is 6.82. The maximum absolute atomic E-state index is 11.2. The third kappa shape index (κ3) is 10.5. The number of hydrogen-bond acceptors (Lipinski definition) is 16. The Hall–Kier alpha value is -0.690. The zero-order valence-corrected chi connectivity index (χ0v) is 18.5. The fourth-order valence-electron chi connectivity index (χ4n) is 2.15. The SMILES string of the molecule is O=S(=O)(O)OC[C@]1(OS(=O)(=O)O)OC[C@@H](OS(=O)(=O)O)[C@@H](OS(=O)(=O)O)[C@@H]1OS(=O)(=O)O. The van der Waals surface area contributed by atoms with Crippen molar-refractivity contribution < 1.29 is 90.5 Å². The van der Waals surface area contributed by atoms with E-state index in [2.05, 4.69) is 25.7 Å². The molecular weight excluding hydrogens is 568 g/mol. The molecule has 26 heteroatoms. The summed E-state index contributed by atoms with van der Waals surface area (Å²) in [6.45, 7) is -3.56. The molecule has 0 aliphatic carbocycles. The topological polar surface area (TPSA) is 327 Å². The third-order valence-corrected chi connectivity index (χ3v) is 5.26. The summed E-state index contributed by atoms with van der Waals surface area (Å²) in [5.74, 6) is -3.73. The first-order chi connectivity index (χ1) is 13.9. The molecule has 0 aromatic heterocycles. The van der Waals surface area contributed by atoms with Crippen molar-refractivity contribution in [1.82, 2.24) is 0 Å². The highest BCUT2D eigenvalue weighted by Gasteiger charge is 2.60. The summed E-state index contributed by atoms with van der Waals surface area (Å²) in [7, 11) is -28.7. The van der Waals surface area contributed by atoms with Gasteiger partial charge >= 0.3 is 52.0 Å². The molecule has 0 amide bonds. The van der Waals surface area contributed by atoms with Crippen molar-refractivity contribution in [2.24, 2.45) is 0 Å². The lowest BCUT2D eigenvalue weighted by Gasteiger charge is -2.45. The van der Waals surface area contributed by atoms with Crippen molar-refractivity contribution in [3.63, 3.8) is 0 Å². The molecule has 1 heterocycles. The van der Waals surface area contributed by atoms with Crippen molar-refractivity contribution in [2.45, 2.75) is 24.1 Å². The predicted molar refractivity (Wildman–Crippen MR) is 88.1 cm³/mol. The minimum atomic E-state index is -5.89. The van der Waals surface area contributed by atoms with Crippen molar-refractivity contribution in [1.29, 1.82) is 0 Å². The lowest BCUT2D eigenvalue weighted by molar-refractivity contribution is -0.303. The highest BCUT2D eigenvalue weighted by Crippen LogP contribution is 2.36. The molecule has 0 bridgehead atoms. The number of rotatable bonds is 11. The molecule has 1 saturated heterocycles. The Labute approximate surface area is 179 Å². The van der Waals surface area contributed by atoms with Crippen LogP contribution in [-0.2, 0) is 77.6 Å². The quantitative estimate of drug-likeness (QED) is 0.145. The van der Waals surface area contributed by atoms with E-state index < -0.39 is 89.3 Å². The zero-order chi connectivity index (χ0) is 25.4. The van der Waals surface area contributed by atoms with Crippen LogP contribution in [0.4, 0.5) is 0 Å². The third-order valence-electron chi connectivity index (χ3n) is 2.95. The molecule has 0 saturated carbocycles. The first-order valence-corrected chi connectivity index (χ1v) is 13.6. The van der Waals surface area contributed by atoms with Crippen LogP contribution in [0.3, 0.4) is 0 Å². The standard InChI is InChI=1S/C6H12O21S5/c7-28(8,9)23-2-6(27-32(19,20)21)5(26-31(16,17)18)4(25-30(13,14)15)3(1-22-6)24-29(10,11)12/h3-5H,1-2H2,(H,7,8,9)(H,10,11,12)(H,13,14,15)(H,16,17,18)(H,19,20,21)/t3-,4-,5+,6-/m1/s1. The summed E-state index contributed by atoms with van der Waals surface area (Å²) >= 11 is 0. The number of hydrogen-bond donors (Lipinski definition) is 5. The van der Waals surface area contributed by atoms with Crippen molar-refractivity contribution in [3.8, 4) is 0 Å². The molecule has 1 fully saturated rings. The molecule has 4 atom stereocenters. The Morgan fingerprint density at radius 2 is 1.16 bits per heavy atom. The Morgan fingerprint density at radius 3 is 1.53 bits per heavy atom. The van der Waals surface area contributed by atoms with Crippen LogP contribution in [0.2, 0.25) is 0 Å². The van der Waals surface area contributed by atoms with E-state index in [4.69, 9.17) is 22.8 Å². The molecule has 5 N–H and O–H groups in total. The van der Waals surface area contributed by atoms with E-state index in [0.717, 1.165) is 0 Å². The van der Waals surface area contributed by atoms with Crippen LogP contribution in [0.15, 0.2) is 0 Å². The zero-order valence-electron chi connectivity index (χ0n) is 14.5. The van der Waals surface area contributed by atoms with Crippen molar-refractivity contribution >= 4 is 52.0 Å². The average molecular weight is 580 g/mol. The smallest absolute Gasteiger partial charge is 0.342 e. The molecule has 0 aromatic carbocycles. The van der Waals surface area contributed by atoms with Gasteiger partial charge in [0.15, 0.2) is 6.10 Å². The molecular formula is C6H12O21S5. The lowest BCUT2D eigenvalue weighted by atomic mass is 9.97. The van der Waals surface area contributed by atoms with Crippen LogP contribution in [0.5, 0.6) is 0 Å². The van der Waals surface area contributed by atoms with Crippen LogP contribution < -0.4 is 0 Å². The molecule has 1 aliphatic heterocycles. The van der Waals surface area contributed by atoms with Crippen LogP contribution in [-0.4, -0.2) is 102 Å². The second-order valence-electron chi connectivity index (χ2n) is 5.32. The predicted octanol–water partition coefficient (Wildman–Crippen LogP) is -4.08. The fourth-order valence-corrected chi connectivity index (χ4v) is 4.51. The molecule has 21 nitrogen and oxygen atoms in total. The van der Waals surface area contributed by atoms with E-state index in [9.17, 15) is 42.1 Å². The molecule has 0 unspecified atom stereocenters. The van der Waals surface area contributed by atoms with Gasteiger partial charge in [0.05, 0.1) is 6.61 Å². The van der Waals surface area contributed by atoms with Crippen molar-refractivity contribution in [3.05, 3.63) is 0 Å². The summed E-state index contributed by atoms with van der Waals surface area (Å²) in [6.07, 6.45) is -8.81. The summed E-state index contributed by atoms with van der Waals surface area (Å²) in [4.78, 5) is 0. The van der Waals surface area contributed by atoms with Gasteiger partial charge in [-0.2, -0.15) is 42.1 Å². The van der Waals surface area contributed by atoms with Crippen molar-refractivity contribution in [2.75, 3.05) is 13.2 Å². The first kappa shape index (κ1) is 29.3. The minimum absolute atomic E-state index is 1.53. The average Bonchev–Trinajstić information content (AvgIpc) is 2.46. The van der Waals surface area contributed by atoms with Gasteiger partial charge in [-0.25, -0.2) is 20.9 Å². The summed E-state index contributed by atoms with van der Waals surface area (Å²) in [6, 6.07) is 0. The Balaban J connectivity index is 3.77. The van der Waals surface area contributed by atoms with E-state index in [1.807, 2.05) is 0 Å². The van der Waals surface area contributed by atoms with Gasteiger partial charge in [-0.15, -0.1) is 0 Å². The second kappa shape index (κ2) is 9.52. The summed E-state index contributed by atoms with van der Waals surface area (Å²) in [5, 5.41) is 0. The second-order valence-corrected chi connectivity index (χ2v) is 10.6. The lowest BCUT2D eigenvalue weighted by Crippen LogP contribution is -2.67. The van der Waals surface area contributed by atoms with E-state index >= 15 is 0 Å². The van der Waals surface area contributed by atoms with Gasteiger partial charge in [0.2, 0.25) is 5.79 Å². The van der Waals surface area contributed by atoms with Gasteiger partial charge < -0.3 is 4.74 Å². The Bertz CT molecular complexity index is 1210. The highest BCUT2D eigenvalue weighted by molar-refractivity contribution is 7.82. The molecule has 0 aromatic rings. The molecule has 1 rings (SSSR count). The van der Waals surface area contributed by atoms with Gasteiger partial charge in [-0.3, -0.25) is 22.8 Å². The number of ether oxygens (including phenoxy) is 1. The van der Waals surface area contributed by atoms with Gasteiger partial charge in [0.1, 0.15) is 18.8 Å². The largest absolute Gasteiger partial charge is 0.400 e. The molecule has 32 heavy (non-hydrogen) atoms. The van der Waals surface area contributed by atoms with Gasteiger partial charge in [-0.1, -0.05) is 0 Å². The van der Waals surface area contributed by atoms with E-state index in [-0.39, 0.29) is 0 Å². The van der Waals surface area contributed by atoms with Crippen LogP contribution in [0, 0.1) is 0 Å². The minimum Gasteiger partial charge on any atom is -0.342 e. The molecule has 192 valence electrons. The van der Waals surface area contributed by atoms with E-state index in [1.54, 1.807) is 0 Å². The molecule has 0 radical (unpaired) electrons.